The zero-order chi connectivity index (χ0) is 19.7. The van der Waals surface area contributed by atoms with Crippen LogP contribution in [0.4, 0.5) is 0 Å². The van der Waals surface area contributed by atoms with Crippen LogP contribution >= 0.6 is 0 Å². The quantitative estimate of drug-likeness (QED) is 0.250. The summed E-state index contributed by atoms with van der Waals surface area (Å²) < 4.78 is 21.4. The Balaban J connectivity index is 3.30. The number of nitrogens with one attached hydrogen (secondary N) is 2. The van der Waals surface area contributed by atoms with Crippen molar-refractivity contribution >= 4 is 11.8 Å². The fraction of sp³-hybridized carbons (Fsp3) is 0.500. The van der Waals surface area contributed by atoms with Gasteiger partial charge < -0.3 is 18.9 Å². The van der Waals surface area contributed by atoms with E-state index in [0.29, 0.717) is 0 Å². The molecule has 10 nitrogen and oxygen atoms in total. The Hall–Kier alpha value is -2.40. The highest BCUT2D eigenvalue weighted by Gasteiger charge is 2.22. The maximum absolute atomic E-state index is 12.1. The molecule has 2 amide bonds. The number of nitrogens with two attached hydrogens (primary N) is 2. The average Bonchev–Trinajstić information content (AvgIpc) is 2.68. The van der Waals surface area contributed by atoms with Crippen molar-refractivity contribution in [3.05, 3.63) is 23.3 Å². The van der Waals surface area contributed by atoms with Crippen LogP contribution in [-0.2, 0) is 9.47 Å². The predicted molar refractivity (Wildman–Crippen MR) is 93.7 cm³/mol. The molecule has 6 N–H and O–H groups in total. The molecule has 146 valence electrons. The summed E-state index contributed by atoms with van der Waals surface area (Å²) >= 11 is 0. The molecule has 0 radical (unpaired) electrons. The molecule has 2 atom stereocenters. The second-order valence-electron chi connectivity index (χ2n) is 5.51. The van der Waals surface area contributed by atoms with Crippen molar-refractivity contribution < 1.29 is 28.5 Å². The molecule has 1 rings (SSSR count). The molecule has 0 aliphatic carbocycles. The third-order valence-electron chi connectivity index (χ3n) is 3.59. The van der Waals surface area contributed by atoms with E-state index in [1.807, 2.05) is 10.9 Å². The first-order valence-corrected chi connectivity index (χ1v) is 7.88. The summed E-state index contributed by atoms with van der Waals surface area (Å²) in [6.45, 7) is 3.90. The molecule has 1 aromatic carbocycles. The summed E-state index contributed by atoms with van der Waals surface area (Å²) in [5.41, 5.74) is 4.27. The van der Waals surface area contributed by atoms with E-state index in [9.17, 15) is 9.59 Å². The fourth-order valence-electron chi connectivity index (χ4n) is 1.86. The van der Waals surface area contributed by atoms with Gasteiger partial charge in [0, 0.05) is 14.2 Å². The van der Waals surface area contributed by atoms with Crippen molar-refractivity contribution in [3.8, 4) is 11.5 Å². The van der Waals surface area contributed by atoms with Crippen molar-refractivity contribution in [3.63, 3.8) is 0 Å². The molecule has 1 aromatic rings. The van der Waals surface area contributed by atoms with Crippen LogP contribution in [0.25, 0.3) is 0 Å². The monoisotopic (exact) mass is 370 g/mol. The van der Waals surface area contributed by atoms with Crippen LogP contribution in [0, 0.1) is 0 Å². The van der Waals surface area contributed by atoms with E-state index in [1.165, 1.54) is 26.4 Å². The number of carbonyl (C=O) groups is 2. The molecule has 26 heavy (non-hydrogen) atoms. The number of hydrogen-bond acceptors (Lipinski definition) is 8. The minimum Gasteiger partial charge on any atom is -0.490 e. The second-order valence-corrected chi connectivity index (χ2v) is 5.51. The number of ether oxygens (including phenoxy) is 4. The highest BCUT2D eigenvalue weighted by atomic mass is 16.5. The standard InChI is InChI=1S/C16H26N4O6/c1-9(23-3)7-25-13-5-12(16(22)20-18)14(26-8-10(2)24-4)6-11(13)15(21)19-17/h5-6,9-10H,7-8,17-18H2,1-4H3,(H,19,21)(H,20,22). The summed E-state index contributed by atoms with van der Waals surface area (Å²) in [5, 5.41) is 0. The molecule has 0 saturated heterocycles. The number of rotatable bonds is 10. The highest BCUT2D eigenvalue weighted by molar-refractivity contribution is 6.02. The third-order valence-corrected chi connectivity index (χ3v) is 3.59. The molecule has 0 aliphatic heterocycles. The van der Waals surface area contributed by atoms with Gasteiger partial charge in [0.2, 0.25) is 0 Å². The number of hydrazine groups is 2. The summed E-state index contributed by atoms with van der Waals surface area (Å²) in [4.78, 5) is 24.2. The van der Waals surface area contributed by atoms with Gasteiger partial charge in [-0.1, -0.05) is 0 Å². The Labute approximate surface area is 152 Å². The highest BCUT2D eigenvalue weighted by Crippen LogP contribution is 2.30. The minimum atomic E-state index is -0.602. The SMILES string of the molecule is COC(C)COc1cc(C(=O)NN)c(OCC(C)OC)cc1C(=O)NN. The van der Waals surface area contributed by atoms with E-state index in [-0.39, 0.29) is 48.0 Å². The molecular weight excluding hydrogens is 344 g/mol. The van der Waals surface area contributed by atoms with E-state index in [1.54, 1.807) is 13.8 Å². The maximum atomic E-state index is 12.1. The van der Waals surface area contributed by atoms with Gasteiger partial charge in [-0.25, -0.2) is 11.7 Å². The first-order valence-electron chi connectivity index (χ1n) is 7.88. The van der Waals surface area contributed by atoms with Crippen LogP contribution in [0.2, 0.25) is 0 Å². The van der Waals surface area contributed by atoms with E-state index < -0.39 is 11.8 Å². The van der Waals surface area contributed by atoms with Crippen molar-refractivity contribution in [1.82, 2.24) is 10.9 Å². The number of carbonyl (C=O) groups excluding carboxylic acids is 2. The summed E-state index contributed by atoms with van der Waals surface area (Å²) in [5.74, 6) is 9.54. The number of nitrogen functional groups attached to an aromatic ring is 2. The van der Waals surface area contributed by atoms with Gasteiger partial charge in [0.15, 0.2) is 0 Å². The van der Waals surface area contributed by atoms with E-state index >= 15 is 0 Å². The van der Waals surface area contributed by atoms with E-state index in [0.717, 1.165) is 0 Å². The predicted octanol–water partition coefficient (Wildman–Crippen LogP) is -0.279. The second kappa shape index (κ2) is 10.6. The van der Waals surface area contributed by atoms with Crippen LogP contribution in [-0.4, -0.2) is 51.5 Å². The number of methoxy groups -OCH3 is 2. The Morgan fingerprint density at radius 1 is 0.885 bits per heavy atom. The van der Waals surface area contributed by atoms with Gasteiger partial charge in [-0.2, -0.15) is 0 Å². The van der Waals surface area contributed by atoms with Crippen molar-refractivity contribution in [2.24, 2.45) is 11.7 Å². The molecule has 0 saturated carbocycles. The molecule has 10 heteroatoms. The first-order chi connectivity index (χ1) is 12.4. The summed E-state index contributed by atoms with van der Waals surface area (Å²) in [6, 6.07) is 2.73. The summed E-state index contributed by atoms with van der Waals surface area (Å²) in [6.07, 6.45) is -0.455. The zero-order valence-electron chi connectivity index (χ0n) is 15.3. The van der Waals surface area contributed by atoms with Gasteiger partial charge in [-0.3, -0.25) is 20.4 Å². The number of hydrogen-bond donors (Lipinski definition) is 4. The van der Waals surface area contributed by atoms with Gasteiger partial charge in [-0.15, -0.1) is 0 Å². The van der Waals surface area contributed by atoms with E-state index in [4.69, 9.17) is 30.6 Å². The van der Waals surface area contributed by atoms with Gasteiger partial charge in [0.05, 0.1) is 23.3 Å². The molecule has 0 bridgehead atoms. The van der Waals surface area contributed by atoms with Crippen LogP contribution in [0.1, 0.15) is 34.6 Å². The van der Waals surface area contributed by atoms with Crippen molar-refractivity contribution in [1.29, 1.82) is 0 Å². The number of benzene rings is 1. The Kier molecular flexibility index (Phi) is 8.79. The van der Waals surface area contributed by atoms with Gasteiger partial charge in [-0.05, 0) is 26.0 Å². The maximum Gasteiger partial charge on any atom is 0.269 e. The molecule has 0 fully saturated rings. The van der Waals surface area contributed by atoms with Gasteiger partial charge in [0.25, 0.3) is 11.8 Å². The first kappa shape index (κ1) is 21.6. The van der Waals surface area contributed by atoms with Crippen LogP contribution in [0.15, 0.2) is 12.1 Å². The third kappa shape index (κ3) is 5.85. The lowest BCUT2D eigenvalue weighted by molar-refractivity contribution is 0.0686. The van der Waals surface area contributed by atoms with Crippen LogP contribution < -0.4 is 32.0 Å². The van der Waals surface area contributed by atoms with Gasteiger partial charge >= 0.3 is 0 Å². The lowest BCUT2D eigenvalue weighted by Gasteiger charge is -2.18. The average molecular weight is 370 g/mol. The summed E-state index contributed by atoms with van der Waals surface area (Å²) in [7, 11) is 3.06. The lowest BCUT2D eigenvalue weighted by Crippen LogP contribution is -2.32. The van der Waals surface area contributed by atoms with Crippen molar-refractivity contribution in [2.75, 3.05) is 27.4 Å². The van der Waals surface area contributed by atoms with Crippen LogP contribution in [0.5, 0.6) is 11.5 Å². The molecule has 2 unspecified atom stereocenters. The van der Waals surface area contributed by atoms with Gasteiger partial charge in [0.1, 0.15) is 24.7 Å². The molecule has 0 heterocycles. The normalized spacial score (nSPS) is 12.8. The smallest absolute Gasteiger partial charge is 0.269 e. The molecule has 0 aliphatic rings. The Morgan fingerprint density at radius 3 is 1.50 bits per heavy atom. The van der Waals surface area contributed by atoms with Crippen molar-refractivity contribution in [2.45, 2.75) is 26.1 Å². The molecule has 0 spiro atoms. The largest absolute Gasteiger partial charge is 0.490 e. The fourth-order valence-corrected chi connectivity index (χ4v) is 1.86. The van der Waals surface area contributed by atoms with E-state index in [2.05, 4.69) is 0 Å². The topological polar surface area (TPSA) is 147 Å². The number of amides is 2. The zero-order valence-corrected chi connectivity index (χ0v) is 15.3. The lowest BCUT2D eigenvalue weighted by atomic mass is 10.1. The minimum absolute atomic E-state index is 0.101. The Morgan fingerprint density at radius 2 is 1.23 bits per heavy atom. The van der Waals surface area contributed by atoms with Crippen LogP contribution in [0.3, 0.4) is 0 Å². The molecular formula is C16H26N4O6. The Bertz CT molecular complexity index is 571. The molecule has 0 aromatic heterocycles.